The summed E-state index contributed by atoms with van der Waals surface area (Å²) >= 11 is 0. The van der Waals surface area contributed by atoms with E-state index in [2.05, 4.69) is 25.5 Å². The first-order valence-electron chi connectivity index (χ1n) is 10.4. The van der Waals surface area contributed by atoms with E-state index in [0.29, 0.717) is 11.3 Å². The molecule has 2 aromatic heterocycles. The van der Waals surface area contributed by atoms with Gasteiger partial charge >= 0.3 is 0 Å². The summed E-state index contributed by atoms with van der Waals surface area (Å²) < 4.78 is 0. The van der Waals surface area contributed by atoms with Gasteiger partial charge in [-0.1, -0.05) is 66.7 Å². The van der Waals surface area contributed by atoms with Crippen LogP contribution in [0.3, 0.4) is 0 Å². The van der Waals surface area contributed by atoms with Crippen molar-refractivity contribution in [2.45, 2.75) is 0 Å². The molecule has 1 amide bonds. The van der Waals surface area contributed by atoms with Gasteiger partial charge in [0, 0.05) is 22.7 Å². The summed E-state index contributed by atoms with van der Waals surface area (Å²) in [6, 6.07) is 30.3. The summed E-state index contributed by atoms with van der Waals surface area (Å²) in [5.74, 6) is -0.0805. The number of fused-ring (bicyclic) bond motifs is 1. The Bertz CT molecular complexity index is 1380. The maximum absolute atomic E-state index is 13.1. The van der Waals surface area contributed by atoms with Crippen molar-refractivity contribution in [2.24, 2.45) is 5.10 Å². The van der Waals surface area contributed by atoms with Crippen molar-refractivity contribution < 1.29 is 4.79 Å². The standard InChI is InChI=1S/C26H20N6O/c33-25(20-11-5-2-6-12-20)32(28-18-19-9-3-1-4-10-19)31-26-27-16-15-23(30-26)24-17-21-13-7-8-14-22(21)29-24/h1-18,29H,(H,27,30,31). The lowest BCUT2D eigenvalue weighted by Crippen LogP contribution is -2.32. The highest BCUT2D eigenvalue weighted by molar-refractivity contribution is 5.95. The van der Waals surface area contributed by atoms with Gasteiger partial charge in [-0.05, 0) is 35.9 Å². The van der Waals surface area contributed by atoms with Gasteiger partial charge in [0.15, 0.2) is 0 Å². The Labute approximate surface area is 190 Å². The molecule has 2 heterocycles. The molecule has 0 aliphatic rings. The van der Waals surface area contributed by atoms with Crippen LogP contribution in [0.1, 0.15) is 15.9 Å². The Morgan fingerprint density at radius 1 is 0.909 bits per heavy atom. The first-order valence-corrected chi connectivity index (χ1v) is 10.4. The summed E-state index contributed by atoms with van der Waals surface area (Å²) in [6.45, 7) is 0. The van der Waals surface area contributed by atoms with Crippen LogP contribution in [-0.4, -0.2) is 32.2 Å². The maximum Gasteiger partial charge on any atom is 0.293 e. The molecular formula is C26H20N6O. The van der Waals surface area contributed by atoms with Gasteiger partial charge in [-0.3, -0.25) is 4.79 Å². The van der Waals surface area contributed by atoms with E-state index in [1.807, 2.05) is 72.8 Å². The number of aromatic amines is 1. The number of amides is 1. The summed E-state index contributed by atoms with van der Waals surface area (Å²) in [4.78, 5) is 25.4. The smallest absolute Gasteiger partial charge is 0.293 e. The molecule has 0 fully saturated rings. The van der Waals surface area contributed by atoms with E-state index >= 15 is 0 Å². The number of aromatic nitrogens is 3. The predicted molar refractivity (Wildman–Crippen MR) is 130 cm³/mol. The lowest BCUT2D eigenvalue weighted by atomic mass is 10.2. The Hall–Kier alpha value is -4.78. The number of para-hydroxylation sites is 1. The molecule has 0 saturated carbocycles. The summed E-state index contributed by atoms with van der Waals surface area (Å²) in [5.41, 5.74) is 6.86. The molecule has 0 aliphatic heterocycles. The van der Waals surface area contributed by atoms with Gasteiger partial charge in [-0.15, -0.1) is 5.12 Å². The number of hydrazone groups is 1. The van der Waals surface area contributed by atoms with Crippen molar-refractivity contribution in [1.82, 2.24) is 20.1 Å². The van der Waals surface area contributed by atoms with Gasteiger partial charge in [0.25, 0.3) is 5.91 Å². The molecule has 0 saturated heterocycles. The molecule has 7 heteroatoms. The Morgan fingerprint density at radius 2 is 1.64 bits per heavy atom. The topological polar surface area (TPSA) is 86.3 Å². The van der Waals surface area contributed by atoms with Crippen LogP contribution in [0.5, 0.6) is 0 Å². The average molecular weight is 432 g/mol. The predicted octanol–water partition coefficient (Wildman–Crippen LogP) is 5.13. The number of anilines is 1. The number of nitrogens with one attached hydrogen (secondary N) is 2. The zero-order valence-electron chi connectivity index (χ0n) is 17.6. The third kappa shape index (κ3) is 4.62. The summed E-state index contributed by atoms with van der Waals surface area (Å²) in [7, 11) is 0. The van der Waals surface area contributed by atoms with Crippen LogP contribution < -0.4 is 5.43 Å². The fraction of sp³-hybridized carbons (Fsp3) is 0. The number of hydrogen-bond donors (Lipinski definition) is 2. The highest BCUT2D eigenvalue weighted by atomic mass is 16.2. The second-order valence-corrected chi connectivity index (χ2v) is 7.29. The molecule has 33 heavy (non-hydrogen) atoms. The Balaban J connectivity index is 1.45. The zero-order valence-corrected chi connectivity index (χ0v) is 17.6. The average Bonchev–Trinajstić information content (AvgIpc) is 3.32. The molecule has 0 radical (unpaired) electrons. The van der Waals surface area contributed by atoms with Gasteiger partial charge in [-0.25, -0.2) is 15.4 Å². The van der Waals surface area contributed by atoms with E-state index in [-0.39, 0.29) is 11.9 Å². The fourth-order valence-electron chi connectivity index (χ4n) is 3.37. The van der Waals surface area contributed by atoms with Crippen LogP contribution in [-0.2, 0) is 0 Å². The molecule has 2 N–H and O–H groups in total. The van der Waals surface area contributed by atoms with E-state index in [9.17, 15) is 4.79 Å². The summed E-state index contributed by atoms with van der Waals surface area (Å²) in [5, 5.41) is 6.60. The molecule has 0 aliphatic carbocycles. The van der Waals surface area contributed by atoms with Crippen LogP contribution >= 0.6 is 0 Å². The van der Waals surface area contributed by atoms with Crippen molar-refractivity contribution >= 4 is 29.0 Å². The molecule has 5 aromatic rings. The molecule has 0 spiro atoms. The number of carbonyl (C=O) groups excluding carboxylic acids is 1. The SMILES string of the molecule is O=C(c1ccccc1)N(N=Cc1ccccc1)Nc1nccc(-c2cc3ccccc3[nH]2)n1. The molecule has 0 bridgehead atoms. The van der Waals surface area contributed by atoms with Gasteiger partial charge in [0.05, 0.1) is 17.6 Å². The van der Waals surface area contributed by atoms with E-state index in [1.54, 1.807) is 36.7 Å². The molecule has 7 nitrogen and oxygen atoms in total. The molecule has 5 rings (SSSR count). The van der Waals surface area contributed by atoms with Gasteiger partial charge in [0.2, 0.25) is 5.95 Å². The maximum atomic E-state index is 13.1. The van der Waals surface area contributed by atoms with E-state index < -0.39 is 0 Å². The van der Waals surface area contributed by atoms with Crippen molar-refractivity contribution in [3.63, 3.8) is 0 Å². The number of nitrogens with zero attached hydrogens (tertiary/aromatic N) is 4. The second-order valence-electron chi connectivity index (χ2n) is 7.29. The van der Waals surface area contributed by atoms with Crippen molar-refractivity contribution in [3.8, 4) is 11.4 Å². The van der Waals surface area contributed by atoms with Gasteiger partial charge in [0.1, 0.15) is 0 Å². The first-order chi connectivity index (χ1) is 16.3. The number of hydrogen-bond acceptors (Lipinski definition) is 5. The Kier molecular flexibility index (Phi) is 5.59. The highest BCUT2D eigenvalue weighted by Crippen LogP contribution is 2.23. The zero-order chi connectivity index (χ0) is 22.5. The van der Waals surface area contributed by atoms with Crippen LogP contribution in [0.15, 0.2) is 108 Å². The van der Waals surface area contributed by atoms with E-state index in [0.717, 1.165) is 27.3 Å². The minimum Gasteiger partial charge on any atom is -0.353 e. The normalized spacial score (nSPS) is 11.0. The fourth-order valence-corrected chi connectivity index (χ4v) is 3.37. The third-order valence-corrected chi connectivity index (χ3v) is 5.00. The van der Waals surface area contributed by atoms with Crippen molar-refractivity contribution in [3.05, 3.63) is 114 Å². The number of benzene rings is 3. The van der Waals surface area contributed by atoms with Crippen molar-refractivity contribution in [2.75, 3.05) is 5.43 Å². The quantitative estimate of drug-likeness (QED) is 0.288. The highest BCUT2D eigenvalue weighted by Gasteiger charge is 2.16. The number of H-pyrrole nitrogens is 1. The number of rotatable bonds is 6. The third-order valence-electron chi connectivity index (χ3n) is 5.00. The van der Waals surface area contributed by atoms with Crippen molar-refractivity contribution in [1.29, 1.82) is 0 Å². The van der Waals surface area contributed by atoms with Gasteiger partial charge in [-0.2, -0.15) is 5.10 Å². The Morgan fingerprint density at radius 3 is 2.42 bits per heavy atom. The van der Waals surface area contributed by atoms with Crippen LogP contribution in [0, 0.1) is 0 Å². The molecule has 0 atom stereocenters. The van der Waals surface area contributed by atoms with Gasteiger partial charge < -0.3 is 4.98 Å². The largest absolute Gasteiger partial charge is 0.353 e. The second kappa shape index (κ2) is 9.15. The molecule has 160 valence electrons. The molecular weight excluding hydrogens is 412 g/mol. The number of carbonyl (C=O) groups is 1. The molecule has 0 unspecified atom stereocenters. The lowest BCUT2D eigenvalue weighted by Gasteiger charge is -2.18. The van der Waals surface area contributed by atoms with Crippen LogP contribution in [0.25, 0.3) is 22.3 Å². The lowest BCUT2D eigenvalue weighted by molar-refractivity contribution is 0.0797. The molecule has 3 aromatic carbocycles. The monoisotopic (exact) mass is 432 g/mol. The first kappa shape index (κ1) is 20.1. The van der Waals surface area contributed by atoms with Crippen LogP contribution in [0.4, 0.5) is 5.95 Å². The summed E-state index contributed by atoms with van der Waals surface area (Å²) in [6.07, 6.45) is 3.25. The minimum absolute atomic E-state index is 0.251. The van der Waals surface area contributed by atoms with Crippen LogP contribution in [0.2, 0.25) is 0 Å². The number of hydrazine groups is 1. The minimum atomic E-state index is -0.331. The van der Waals surface area contributed by atoms with E-state index in [4.69, 9.17) is 0 Å². The van der Waals surface area contributed by atoms with E-state index in [1.165, 1.54) is 0 Å².